The summed E-state index contributed by atoms with van der Waals surface area (Å²) in [6.45, 7) is 19.6. The molecule has 1 unspecified atom stereocenters. The molecule has 0 aliphatic heterocycles. The molecule has 4 saturated carbocycles. The zero-order valence-electron chi connectivity index (χ0n) is 22.2. The first-order valence-electron chi connectivity index (χ1n) is 13.7. The molecule has 0 aromatic heterocycles. The molecule has 0 saturated heterocycles. The molecule has 5 rings (SSSR count). The molecule has 9 atom stereocenters. The lowest BCUT2D eigenvalue weighted by molar-refractivity contribution is -0.205. The van der Waals surface area contributed by atoms with E-state index < -0.39 is 0 Å². The Morgan fingerprint density at radius 1 is 0.750 bits per heavy atom. The van der Waals surface area contributed by atoms with Crippen LogP contribution in [0.5, 0.6) is 0 Å². The normalized spacial score (nSPS) is 56.2. The Bertz CT molecular complexity index is 825. The van der Waals surface area contributed by atoms with Gasteiger partial charge in [-0.15, -0.1) is 0 Å². The quantitative estimate of drug-likeness (QED) is 0.391. The maximum absolute atomic E-state index is 10.9. The van der Waals surface area contributed by atoms with Gasteiger partial charge in [0, 0.05) is 0 Å². The van der Waals surface area contributed by atoms with Crippen molar-refractivity contribution in [2.24, 2.45) is 50.2 Å². The second-order valence-electron chi connectivity index (χ2n) is 15.3. The molecule has 0 aromatic carbocycles. The molecule has 32 heavy (non-hydrogen) atoms. The van der Waals surface area contributed by atoms with Crippen molar-refractivity contribution in [3.05, 3.63) is 11.6 Å². The monoisotopic (exact) mass is 442 g/mol. The van der Waals surface area contributed by atoms with E-state index in [-0.39, 0.29) is 33.9 Å². The molecule has 5 aliphatic rings. The van der Waals surface area contributed by atoms with Gasteiger partial charge in [-0.05, 0) is 108 Å². The molecule has 0 aromatic rings. The van der Waals surface area contributed by atoms with E-state index in [0.717, 1.165) is 19.3 Å². The lowest BCUT2D eigenvalue weighted by Crippen LogP contribution is -2.64. The van der Waals surface area contributed by atoms with Gasteiger partial charge in [0.05, 0.1) is 12.2 Å². The first-order chi connectivity index (χ1) is 14.6. The third-order valence-electron chi connectivity index (χ3n) is 13.2. The third-order valence-corrected chi connectivity index (χ3v) is 13.2. The van der Waals surface area contributed by atoms with Gasteiger partial charge >= 0.3 is 0 Å². The van der Waals surface area contributed by atoms with E-state index in [2.05, 4.69) is 61.5 Å². The Hall–Kier alpha value is -0.340. The number of fused-ring (bicyclic) bond motifs is 7. The average molecular weight is 443 g/mol. The highest BCUT2D eigenvalue weighted by Gasteiger charge is 2.68. The van der Waals surface area contributed by atoms with E-state index in [1.807, 2.05) is 0 Å². The molecule has 0 heterocycles. The molecule has 0 bridgehead atoms. The number of aliphatic hydroxyl groups is 2. The number of rotatable bonds is 0. The van der Waals surface area contributed by atoms with Gasteiger partial charge in [0.15, 0.2) is 0 Å². The minimum absolute atomic E-state index is 0.00813. The van der Waals surface area contributed by atoms with Gasteiger partial charge in [0.2, 0.25) is 0 Å². The molecule has 0 amide bonds. The van der Waals surface area contributed by atoms with Crippen molar-refractivity contribution < 1.29 is 10.2 Å². The molecule has 4 fully saturated rings. The van der Waals surface area contributed by atoms with Crippen LogP contribution in [0.2, 0.25) is 0 Å². The highest BCUT2D eigenvalue weighted by atomic mass is 16.3. The molecule has 2 N–H and O–H groups in total. The van der Waals surface area contributed by atoms with Gasteiger partial charge < -0.3 is 10.2 Å². The summed E-state index contributed by atoms with van der Waals surface area (Å²) in [5.74, 6) is 1.95. The van der Waals surface area contributed by atoms with Crippen LogP contribution in [0.3, 0.4) is 0 Å². The van der Waals surface area contributed by atoms with Crippen molar-refractivity contribution >= 4 is 0 Å². The van der Waals surface area contributed by atoms with Crippen molar-refractivity contribution in [2.45, 2.75) is 125 Å². The van der Waals surface area contributed by atoms with Crippen LogP contribution in [0.1, 0.15) is 113 Å². The Morgan fingerprint density at radius 2 is 1.44 bits per heavy atom. The smallest absolute Gasteiger partial charge is 0.0596 e. The Kier molecular flexibility index (Phi) is 4.87. The highest BCUT2D eigenvalue weighted by molar-refractivity contribution is 5.33. The Balaban J connectivity index is 1.57. The number of allylic oxidation sites excluding steroid dienone is 2. The van der Waals surface area contributed by atoms with Crippen LogP contribution in [-0.2, 0) is 0 Å². The van der Waals surface area contributed by atoms with Crippen molar-refractivity contribution in [2.75, 3.05) is 0 Å². The average Bonchev–Trinajstić information content (AvgIpc) is 2.68. The van der Waals surface area contributed by atoms with Gasteiger partial charge in [0.1, 0.15) is 0 Å². The van der Waals surface area contributed by atoms with Crippen molar-refractivity contribution in [3.8, 4) is 0 Å². The SMILES string of the molecule is CC1(C)C[C@@H]2C3=CC[C@@H]4[C@@]5(C)CC[C@@H](O)C(C)(C)C5CC[C@@]4(C)[C@]3(C)CC[C@@]2(C)C[C@@H]1O. The molecule has 5 aliphatic carbocycles. The molecule has 0 radical (unpaired) electrons. The fourth-order valence-electron chi connectivity index (χ4n) is 10.6. The van der Waals surface area contributed by atoms with Gasteiger partial charge in [-0.2, -0.15) is 0 Å². The van der Waals surface area contributed by atoms with Crippen LogP contribution < -0.4 is 0 Å². The first-order valence-corrected chi connectivity index (χ1v) is 13.7. The predicted molar refractivity (Wildman–Crippen MR) is 132 cm³/mol. The maximum atomic E-state index is 10.9. The molecule has 0 spiro atoms. The fourth-order valence-corrected chi connectivity index (χ4v) is 10.6. The Labute approximate surface area is 197 Å². The topological polar surface area (TPSA) is 40.5 Å². The molecular weight excluding hydrogens is 392 g/mol. The minimum atomic E-state index is -0.175. The zero-order chi connectivity index (χ0) is 23.5. The Morgan fingerprint density at radius 3 is 2.12 bits per heavy atom. The number of hydrogen-bond donors (Lipinski definition) is 2. The highest BCUT2D eigenvalue weighted by Crippen LogP contribution is 2.75. The van der Waals surface area contributed by atoms with Crippen molar-refractivity contribution in [1.29, 1.82) is 0 Å². The summed E-state index contributed by atoms with van der Waals surface area (Å²) in [5, 5.41) is 21.8. The summed E-state index contributed by atoms with van der Waals surface area (Å²) >= 11 is 0. The van der Waals surface area contributed by atoms with E-state index in [1.54, 1.807) is 5.57 Å². The molecule has 2 heteroatoms. The summed E-state index contributed by atoms with van der Waals surface area (Å²) < 4.78 is 0. The van der Waals surface area contributed by atoms with Crippen LogP contribution in [-0.4, -0.2) is 22.4 Å². The summed E-state index contributed by atoms with van der Waals surface area (Å²) in [6.07, 6.45) is 13.0. The van der Waals surface area contributed by atoms with Crippen LogP contribution in [0, 0.1) is 50.2 Å². The van der Waals surface area contributed by atoms with Crippen LogP contribution in [0.15, 0.2) is 11.6 Å². The number of hydrogen-bond acceptors (Lipinski definition) is 2. The summed E-state index contributed by atoms with van der Waals surface area (Å²) in [6, 6.07) is 0. The van der Waals surface area contributed by atoms with E-state index in [4.69, 9.17) is 0 Å². The van der Waals surface area contributed by atoms with Gasteiger partial charge in [-0.3, -0.25) is 0 Å². The van der Waals surface area contributed by atoms with Crippen molar-refractivity contribution in [3.63, 3.8) is 0 Å². The van der Waals surface area contributed by atoms with Crippen LogP contribution >= 0.6 is 0 Å². The van der Waals surface area contributed by atoms with E-state index in [1.165, 1.54) is 38.5 Å². The summed E-state index contributed by atoms with van der Waals surface area (Å²) in [4.78, 5) is 0. The second kappa shape index (κ2) is 6.66. The van der Waals surface area contributed by atoms with Gasteiger partial charge in [-0.1, -0.05) is 67.0 Å². The van der Waals surface area contributed by atoms with E-state index >= 15 is 0 Å². The third kappa shape index (κ3) is 2.72. The predicted octanol–water partition coefficient (Wildman–Crippen LogP) is 7.14. The van der Waals surface area contributed by atoms with Crippen LogP contribution in [0.25, 0.3) is 0 Å². The van der Waals surface area contributed by atoms with E-state index in [9.17, 15) is 10.2 Å². The standard InChI is InChI=1S/C30H50O2/c1-25(2)17-20-19-9-10-22-28(6)13-12-23(31)26(3,4)21(28)11-14-30(22,8)29(19,7)16-15-27(20,5)18-24(25)32/h9,20-24,31-32H,10-18H2,1-8H3/t20-,21?,22-,23-,24+,27+,28+,29-,30-/m1/s1. The fraction of sp³-hybridized carbons (Fsp3) is 0.933. The lowest BCUT2D eigenvalue weighted by Gasteiger charge is -2.71. The van der Waals surface area contributed by atoms with Crippen LogP contribution in [0.4, 0.5) is 0 Å². The second-order valence-corrected chi connectivity index (χ2v) is 15.3. The first kappa shape index (κ1) is 23.4. The largest absolute Gasteiger partial charge is 0.393 e. The van der Waals surface area contributed by atoms with E-state index in [0.29, 0.717) is 28.6 Å². The number of aliphatic hydroxyl groups excluding tert-OH is 2. The van der Waals surface area contributed by atoms with Gasteiger partial charge in [-0.25, -0.2) is 0 Å². The maximum Gasteiger partial charge on any atom is 0.0596 e. The minimum Gasteiger partial charge on any atom is -0.393 e. The molecular formula is C30H50O2. The molecule has 182 valence electrons. The van der Waals surface area contributed by atoms with Crippen molar-refractivity contribution in [1.82, 2.24) is 0 Å². The summed E-state index contributed by atoms with van der Waals surface area (Å²) in [5.41, 5.74) is 2.98. The zero-order valence-corrected chi connectivity index (χ0v) is 22.2. The summed E-state index contributed by atoms with van der Waals surface area (Å²) in [7, 11) is 0. The lowest BCUT2D eigenvalue weighted by atomic mass is 9.33. The van der Waals surface area contributed by atoms with Gasteiger partial charge in [0.25, 0.3) is 0 Å². The molecule has 2 nitrogen and oxygen atoms in total.